The molecular weight excluding hydrogens is 577 g/mol. The number of ketones is 1. The van der Waals surface area contributed by atoms with Crippen molar-refractivity contribution in [3.05, 3.63) is 115 Å². The van der Waals surface area contributed by atoms with Crippen LogP contribution in [0.25, 0.3) is 0 Å². The van der Waals surface area contributed by atoms with Crippen LogP contribution in [-0.2, 0) is 23.9 Å². The number of nitrogens with two attached hydrogens (primary N) is 1. The monoisotopic (exact) mass is 605 g/mol. The summed E-state index contributed by atoms with van der Waals surface area (Å²) in [6.07, 6.45) is 0.0572. The predicted molar refractivity (Wildman–Crippen MR) is 156 cm³/mol. The Kier molecular flexibility index (Phi) is 8.40. The topological polar surface area (TPSA) is 142 Å². The molecule has 0 fully saturated rings. The van der Waals surface area contributed by atoms with Gasteiger partial charge in [0.2, 0.25) is 0 Å². The van der Waals surface area contributed by atoms with E-state index in [0.717, 1.165) is 4.88 Å². The average Bonchev–Trinajstić information content (AvgIpc) is 3.52. The van der Waals surface area contributed by atoms with Crippen molar-refractivity contribution in [1.29, 1.82) is 0 Å². The molecule has 5 rings (SSSR count). The number of ether oxygens (including phenoxy) is 2. The van der Waals surface area contributed by atoms with Gasteiger partial charge in [0.1, 0.15) is 17.6 Å². The minimum Gasteiger partial charge on any atom is -0.465 e. The maximum Gasteiger partial charge on any atom is 0.338 e. The van der Waals surface area contributed by atoms with Crippen LogP contribution in [-0.4, -0.2) is 35.9 Å². The smallest absolute Gasteiger partial charge is 0.338 e. The van der Waals surface area contributed by atoms with Gasteiger partial charge in [-0.25, -0.2) is 9.18 Å². The maximum absolute atomic E-state index is 15.4. The summed E-state index contributed by atoms with van der Waals surface area (Å²) in [5, 5.41) is 13.5. The van der Waals surface area contributed by atoms with Crippen molar-refractivity contribution in [3.8, 4) is 0 Å². The third-order valence-corrected chi connectivity index (χ3v) is 8.50. The molecule has 0 saturated carbocycles. The fourth-order valence-electron chi connectivity index (χ4n) is 5.77. The summed E-state index contributed by atoms with van der Waals surface area (Å²) in [6, 6.07) is 14.9. The van der Waals surface area contributed by atoms with Gasteiger partial charge in [0.05, 0.1) is 35.3 Å². The lowest BCUT2D eigenvalue weighted by Gasteiger charge is -2.43. The van der Waals surface area contributed by atoms with Crippen LogP contribution in [0.4, 0.5) is 15.8 Å². The lowest BCUT2D eigenvalue weighted by atomic mass is 9.68. The highest BCUT2D eigenvalue weighted by molar-refractivity contribution is 7.10. The van der Waals surface area contributed by atoms with Gasteiger partial charge in [-0.2, -0.15) is 0 Å². The molecule has 2 aliphatic rings. The van der Waals surface area contributed by atoms with Gasteiger partial charge in [-0.15, -0.1) is 11.3 Å². The molecule has 0 spiro atoms. The molecule has 1 aromatic heterocycles. The zero-order chi connectivity index (χ0) is 30.8. The number of non-ortho nitro benzene ring substituents is 1. The highest BCUT2D eigenvalue weighted by Crippen LogP contribution is 2.52. The molecule has 0 bridgehead atoms. The zero-order valence-electron chi connectivity index (χ0n) is 23.3. The number of carbonyl (C=O) groups is 3. The molecule has 43 heavy (non-hydrogen) atoms. The number of esters is 2. The van der Waals surface area contributed by atoms with E-state index in [1.165, 1.54) is 58.7 Å². The Hall–Kier alpha value is -4.84. The Bertz CT molecular complexity index is 1670. The van der Waals surface area contributed by atoms with E-state index in [1.807, 2.05) is 5.38 Å². The van der Waals surface area contributed by atoms with Crippen LogP contribution >= 0.6 is 11.3 Å². The fourth-order valence-corrected chi connectivity index (χ4v) is 6.63. The van der Waals surface area contributed by atoms with Gasteiger partial charge in [-0.05, 0) is 49.4 Å². The molecule has 12 heteroatoms. The standard InChI is InChI=1S/C31H28FN3O7S/c1-3-41-30(37)25-19(23-13-8-14-43-23)16-22-26(28(25)36)24(17-9-7-10-18(15-17)35(39)40)27(31(38)42-4-2)29(33)34(22)21-12-6-5-11-20(21)32/h5-15,19,24-25H,3-4,16,33H2,1-2H3. The summed E-state index contributed by atoms with van der Waals surface area (Å²) in [6.45, 7) is 3.21. The number of halogens is 1. The number of hydrogen-bond acceptors (Lipinski definition) is 10. The summed E-state index contributed by atoms with van der Waals surface area (Å²) in [7, 11) is 0. The molecule has 3 aromatic rings. The lowest BCUT2D eigenvalue weighted by molar-refractivity contribution is -0.384. The van der Waals surface area contributed by atoms with E-state index in [1.54, 1.807) is 32.0 Å². The SMILES string of the molecule is CCOC(=O)C1=C(N)N(c2ccccc2F)C2=C(C(=O)C(C(=O)OCC)C(c3cccs3)C2)C1c1cccc([N+](=O)[O-])c1. The molecule has 0 saturated heterocycles. The van der Waals surface area contributed by atoms with E-state index in [4.69, 9.17) is 15.2 Å². The van der Waals surface area contributed by atoms with Crippen molar-refractivity contribution in [1.82, 2.24) is 0 Å². The van der Waals surface area contributed by atoms with Gasteiger partial charge in [-0.3, -0.25) is 24.6 Å². The number of nitro groups is 1. The number of carbonyl (C=O) groups excluding carboxylic acids is 3. The first-order valence-electron chi connectivity index (χ1n) is 13.6. The first kappa shape index (κ1) is 29.6. The third kappa shape index (κ3) is 5.29. The number of hydrogen-bond donors (Lipinski definition) is 1. The first-order chi connectivity index (χ1) is 20.7. The van der Waals surface area contributed by atoms with Crippen molar-refractivity contribution in [2.24, 2.45) is 11.7 Å². The van der Waals surface area contributed by atoms with Gasteiger partial charge in [0.25, 0.3) is 5.69 Å². The van der Waals surface area contributed by atoms with Crippen molar-refractivity contribution >= 4 is 40.4 Å². The lowest BCUT2D eigenvalue weighted by Crippen LogP contribution is -2.46. The second kappa shape index (κ2) is 12.2. The summed E-state index contributed by atoms with van der Waals surface area (Å²) in [5.74, 6) is -6.34. The van der Waals surface area contributed by atoms with Gasteiger partial charge < -0.3 is 15.2 Å². The number of rotatable bonds is 8. The highest BCUT2D eigenvalue weighted by Gasteiger charge is 2.52. The van der Waals surface area contributed by atoms with Gasteiger partial charge in [-0.1, -0.05) is 30.3 Å². The van der Waals surface area contributed by atoms with Crippen LogP contribution in [0.2, 0.25) is 0 Å². The number of nitro benzene ring substituents is 1. The number of nitrogens with zero attached hydrogens (tertiary/aromatic N) is 2. The molecule has 0 amide bonds. The Labute approximate surface area is 250 Å². The molecule has 1 aliphatic heterocycles. The van der Waals surface area contributed by atoms with E-state index in [0.29, 0.717) is 0 Å². The van der Waals surface area contributed by atoms with Crippen LogP contribution in [0.3, 0.4) is 0 Å². The second-order valence-corrected chi connectivity index (χ2v) is 10.9. The normalized spacial score (nSPS) is 20.1. The molecule has 1 aliphatic carbocycles. The van der Waals surface area contributed by atoms with Gasteiger partial charge in [0, 0.05) is 34.2 Å². The summed E-state index contributed by atoms with van der Waals surface area (Å²) < 4.78 is 26.1. The van der Waals surface area contributed by atoms with Crippen molar-refractivity contribution < 1.29 is 33.2 Å². The Balaban J connectivity index is 1.85. The molecule has 222 valence electrons. The molecule has 3 atom stereocenters. The Morgan fingerprint density at radius 1 is 1.09 bits per heavy atom. The van der Waals surface area contributed by atoms with Crippen LogP contribution < -0.4 is 10.6 Å². The molecular formula is C31H28FN3O7S. The zero-order valence-corrected chi connectivity index (χ0v) is 24.1. The molecule has 10 nitrogen and oxygen atoms in total. The van der Waals surface area contributed by atoms with E-state index in [2.05, 4.69) is 0 Å². The summed E-state index contributed by atoms with van der Waals surface area (Å²) in [5.41, 5.74) is 6.70. The number of Topliss-reactive ketones (excluding diaryl/α,β-unsaturated/α-hetero) is 1. The van der Waals surface area contributed by atoms with E-state index < -0.39 is 46.2 Å². The third-order valence-electron chi connectivity index (χ3n) is 7.49. The van der Waals surface area contributed by atoms with Gasteiger partial charge >= 0.3 is 11.9 Å². The fraction of sp³-hybridized carbons (Fsp3) is 0.258. The van der Waals surface area contributed by atoms with Crippen molar-refractivity contribution in [2.45, 2.75) is 32.1 Å². The predicted octanol–water partition coefficient (Wildman–Crippen LogP) is 5.32. The molecule has 2 aromatic carbocycles. The summed E-state index contributed by atoms with van der Waals surface area (Å²) in [4.78, 5) is 54.8. The van der Waals surface area contributed by atoms with E-state index in [9.17, 15) is 24.5 Å². The molecule has 3 unspecified atom stereocenters. The largest absolute Gasteiger partial charge is 0.465 e. The second-order valence-electron chi connectivity index (χ2n) is 9.87. The minimum absolute atomic E-state index is 0.00753. The average molecular weight is 606 g/mol. The number of para-hydroxylation sites is 1. The van der Waals surface area contributed by atoms with Crippen LogP contribution in [0.15, 0.2) is 88.7 Å². The van der Waals surface area contributed by atoms with Crippen molar-refractivity contribution in [2.75, 3.05) is 18.1 Å². The quantitative estimate of drug-likeness (QED) is 0.156. The number of benzene rings is 2. The van der Waals surface area contributed by atoms with Crippen LogP contribution in [0, 0.1) is 21.8 Å². The van der Waals surface area contributed by atoms with Crippen molar-refractivity contribution in [3.63, 3.8) is 0 Å². The maximum atomic E-state index is 15.4. The Morgan fingerprint density at radius 2 is 1.84 bits per heavy atom. The number of anilines is 1. The minimum atomic E-state index is -1.29. The Morgan fingerprint density at radius 3 is 2.49 bits per heavy atom. The van der Waals surface area contributed by atoms with E-state index >= 15 is 4.39 Å². The van der Waals surface area contributed by atoms with E-state index in [-0.39, 0.29) is 59.2 Å². The number of thiophene rings is 1. The molecule has 2 N–H and O–H groups in total. The van der Waals surface area contributed by atoms with Gasteiger partial charge in [0.15, 0.2) is 5.78 Å². The number of allylic oxidation sites excluding steroid dienone is 2. The molecule has 2 heterocycles. The highest BCUT2D eigenvalue weighted by atomic mass is 32.1. The van der Waals surface area contributed by atoms with Crippen LogP contribution in [0.1, 0.15) is 42.5 Å². The molecule has 0 radical (unpaired) electrons. The summed E-state index contributed by atoms with van der Waals surface area (Å²) >= 11 is 1.36. The van der Waals surface area contributed by atoms with Crippen LogP contribution in [0.5, 0.6) is 0 Å². The first-order valence-corrected chi connectivity index (χ1v) is 14.5.